The molecule has 3 N–H and O–H groups in total. The highest BCUT2D eigenvalue weighted by Crippen LogP contribution is 2.43. The predicted molar refractivity (Wildman–Crippen MR) is 346 cm³/mol. The molecule has 0 spiro atoms. The monoisotopic (exact) mass is 1420 g/mol. The molecule has 14 nitrogen and oxygen atoms in total. The molecule has 544 valence electrons. The van der Waals surface area contributed by atoms with Crippen LogP contribution in [-0.4, -0.2) is 93.7 Å². The van der Waals surface area contributed by atoms with Gasteiger partial charge >= 0.3 is 36.6 Å². The van der Waals surface area contributed by atoms with Gasteiger partial charge in [-0.25, -0.2) is 8.78 Å². The number of aromatic nitrogens is 2. The molecule has 6 aromatic rings. The molecule has 2 saturated heterocycles. The highest BCUT2D eigenvalue weighted by molar-refractivity contribution is 5.83. The van der Waals surface area contributed by atoms with Crippen molar-refractivity contribution in [2.45, 2.75) is 163 Å². The molecule has 4 heterocycles. The SMILES string of the molecule is CCOC(=O)C[C@H](NC(=O)C(CC(C)C)n1cc(CCN2CCC2)c(C(F)(F)F)cc1=O)c1cc(-c2c(C)cccc2C)cc(C(F)(F)F)c1F.Cc1cccc(C)c1-c1cc([C@H](CC(=O)O)NC(=O)C(CC(C)C)n2cc(CCN3CCC3)c(C(F)(F)F)cc2=O)c(F)c(C(F)(F)F)c1. The highest BCUT2D eigenvalue weighted by atomic mass is 19.4. The fourth-order valence-electron chi connectivity index (χ4n) is 12.6. The van der Waals surface area contributed by atoms with Crippen molar-refractivity contribution in [1.82, 2.24) is 29.6 Å². The molecule has 0 radical (unpaired) electrons. The number of carboxylic acids is 1. The Morgan fingerprint density at radius 1 is 0.520 bits per heavy atom. The number of esters is 1. The lowest BCUT2D eigenvalue weighted by Gasteiger charge is -2.31. The lowest BCUT2D eigenvalue weighted by atomic mass is 9.90. The molecular weight excluding hydrogens is 1340 g/mol. The summed E-state index contributed by atoms with van der Waals surface area (Å²) < 4.78 is 208. The minimum absolute atomic E-state index is 0.0121. The summed E-state index contributed by atoms with van der Waals surface area (Å²) in [5, 5.41) is 14.5. The number of likely N-dealkylation sites (tertiary alicyclic amines) is 2. The van der Waals surface area contributed by atoms with Gasteiger partial charge in [-0.1, -0.05) is 64.1 Å². The van der Waals surface area contributed by atoms with Gasteiger partial charge in [-0.2, -0.15) is 52.7 Å². The van der Waals surface area contributed by atoms with Gasteiger partial charge in [0, 0.05) is 48.7 Å². The smallest absolute Gasteiger partial charge is 0.419 e. The van der Waals surface area contributed by atoms with Crippen LogP contribution in [0.2, 0.25) is 0 Å². The van der Waals surface area contributed by atoms with Gasteiger partial charge in [0.25, 0.3) is 11.1 Å². The summed E-state index contributed by atoms with van der Waals surface area (Å²) in [7, 11) is 0. The fraction of sp³-hybridized carbons (Fsp3) is 0.472. The molecule has 2 unspecified atom stereocenters. The van der Waals surface area contributed by atoms with Crippen LogP contribution < -0.4 is 21.8 Å². The van der Waals surface area contributed by atoms with E-state index in [1.54, 1.807) is 91.8 Å². The number of amides is 2. The number of hydrogen-bond acceptors (Lipinski definition) is 9. The number of carboxylic acid groups (broad SMARTS) is 1. The molecular formula is C72H80F14N6O8. The zero-order valence-electron chi connectivity index (χ0n) is 56.5. The van der Waals surface area contributed by atoms with Crippen LogP contribution in [0.15, 0.2) is 94.8 Å². The molecule has 2 aliphatic heterocycles. The molecule has 0 bridgehead atoms. The van der Waals surface area contributed by atoms with E-state index in [9.17, 15) is 86.6 Å². The Bertz CT molecular complexity index is 4030. The fourth-order valence-corrected chi connectivity index (χ4v) is 12.6. The first kappa shape index (κ1) is 78.9. The summed E-state index contributed by atoms with van der Waals surface area (Å²) in [5.74, 6) is -8.72. The normalized spacial score (nSPS) is 15.1. The number of rotatable bonds is 25. The second kappa shape index (κ2) is 32.5. The van der Waals surface area contributed by atoms with Crippen molar-refractivity contribution in [2.75, 3.05) is 45.9 Å². The van der Waals surface area contributed by atoms with Crippen LogP contribution in [0.25, 0.3) is 22.3 Å². The zero-order valence-corrected chi connectivity index (χ0v) is 56.5. The molecule has 0 saturated carbocycles. The van der Waals surface area contributed by atoms with E-state index in [-0.39, 0.29) is 72.9 Å². The van der Waals surface area contributed by atoms with Gasteiger partial charge in [0.1, 0.15) is 23.7 Å². The number of nitrogens with zero attached hydrogens (tertiary/aromatic N) is 4. The molecule has 2 aromatic heterocycles. The first-order valence-electron chi connectivity index (χ1n) is 32.6. The van der Waals surface area contributed by atoms with Crippen LogP contribution in [-0.2, 0) is 61.5 Å². The number of halogens is 14. The predicted octanol–water partition coefficient (Wildman–Crippen LogP) is 15.4. The Kier molecular flexibility index (Phi) is 25.7. The molecule has 8 rings (SSSR count). The van der Waals surface area contributed by atoms with E-state index in [0.717, 1.165) is 59.6 Å². The van der Waals surface area contributed by atoms with Crippen molar-refractivity contribution in [3.05, 3.63) is 184 Å². The number of nitrogens with one attached hydrogen (secondary N) is 2. The number of carbonyl (C=O) groups is 4. The minimum atomic E-state index is -5.19. The van der Waals surface area contributed by atoms with Crippen molar-refractivity contribution in [1.29, 1.82) is 0 Å². The third-order valence-electron chi connectivity index (χ3n) is 17.7. The van der Waals surface area contributed by atoms with E-state index in [1.807, 2.05) is 9.80 Å². The Balaban J connectivity index is 0.000000281. The van der Waals surface area contributed by atoms with Crippen molar-refractivity contribution in [3.63, 3.8) is 0 Å². The zero-order chi connectivity index (χ0) is 74.3. The standard InChI is InChI=1S/C37H42F7N3O4.C35H38F7N3O4/c1-6-51-32(49)19-29(26-16-25(17-28(34(26)38)37(42,43)44)33-22(4)9-7-10-23(33)5)45-35(50)30(15-21(2)3)47-20-24(11-14-46-12-8-13-46)27(18-31(47)48)36(39,40)41;1-19(2)13-28(45-18-22(9-12-44-10-6-11-44)25(16-29(45)46)34(37,38)39)33(49)43-27(17-30(47)48)24-14-23(15-26(32(24)36)35(40,41)42)31-20(3)7-5-8-21(31)4/h7,9-10,16-18,20-21,29-30H,6,8,11-15,19H2,1-5H3,(H,45,50);5,7-8,14-16,18-19,27-28H,6,9-13,17H2,1-4H3,(H,43,49)(H,47,48)/t29-,30?;27-,28?/m00/s1. The quantitative estimate of drug-likeness (QED) is 0.0370. The Morgan fingerprint density at radius 2 is 0.860 bits per heavy atom. The van der Waals surface area contributed by atoms with Gasteiger partial charge in [-0.05, 0) is 191 Å². The third kappa shape index (κ3) is 19.8. The number of pyridine rings is 2. The number of aliphatic carboxylic acids is 1. The van der Waals surface area contributed by atoms with E-state index < -0.39 is 142 Å². The highest BCUT2D eigenvalue weighted by Gasteiger charge is 2.42. The molecule has 2 amide bonds. The van der Waals surface area contributed by atoms with Crippen LogP contribution in [0.3, 0.4) is 0 Å². The summed E-state index contributed by atoms with van der Waals surface area (Å²) in [5.41, 5.74) is -6.69. The first-order chi connectivity index (χ1) is 46.6. The van der Waals surface area contributed by atoms with Crippen LogP contribution in [0.1, 0.15) is 164 Å². The summed E-state index contributed by atoms with van der Waals surface area (Å²) >= 11 is 0. The maximum absolute atomic E-state index is 16.0. The average molecular weight is 1420 g/mol. The number of hydrogen-bond donors (Lipinski definition) is 3. The van der Waals surface area contributed by atoms with Gasteiger partial charge in [0.15, 0.2) is 0 Å². The molecule has 2 aliphatic rings. The maximum Gasteiger partial charge on any atom is 0.419 e. The van der Waals surface area contributed by atoms with Gasteiger partial charge in [-0.3, -0.25) is 28.8 Å². The van der Waals surface area contributed by atoms with Crippen LogP contribution in [0.5, 0.6) is 0 Å². The van der Waals surface area contributed by atoms with Gasteiger partial charge < -0.3 is 39.4 Å². The number of benzene rings is 4. The summed E-state index contributed by atoms with van der Waals surface area (Å²) in [4.78, 5) is 83.1. The van der Waals surface area contributed by atoms with Crippen molar-refractivity contribution in [3.8, 4) is 22.3 Å². The molecule has 2 fully saturated rings. The lowest BCUT2D eigenvalue weighted by Crippen LogP contribution is -2.41. The summed E-state index contributed by atoms with van der Waals surface area (Å²) in [6, 6.07) is 7.84. The van der Waals surface area contributed by atoms with E-state index in [4.69, 9.17) is 4.74 Å². The second-order valence-corrected chi connectivity index (χ2v) is 26.2. The van der Waals surface area contributed by atoms with E-state index in [1.165, 1.54) is 6.92 Å². The van der Waals surface area contributed by atoms with Crippen molar-refractivity contribution in [2.24, 2.45) is 11.8 Å². The van der Waals surface area contributed by atoms with E-state index in [0.29, 0.717) is 77.3 Å². The first-order valence-corrected chi connectivity index (χ1v) is 32.6. The Labute approximate surface area is 568 Å². The topological polar surface area (TPSA) is 172 Å². The number of carbonyl (C=O) groups excluding carboxylic acids is 3. The van der Waals surface area contributed by atoms with Gasteiger partial charge in [0.2, 0.25) is 11.8 Å². The van der Waals surface area contributed by atoms with Crippen LogP contribution >= 0.6 is 0 Å². The molecule has 4 aromatic carbocycles. The third-order valence-corrected chi connectivity index (χ3v) is 17.7. The number of ether oxygens (including phenoxy) is 1. The Morgan fingerprint density at radius 3 is 1.15 bits per heavy atom. The van der Waals surface area contributed by atoms with Crippen LogP contribution in [0.4, 0.5) is 61.5 Å². The average Bonchev–Trinajstić information content (AvgIpc) is 0.789. The second-order valence-electron chi connectivity index (χ2n) is 26.2. The van der Waals surface area contributed by atoms with Crippen LogP contribution in [0, 0.1) is 51.2 Å². The lowest BCUT2D eigenvalue weighted by molar-refractivity contribution is -0.144. The van der Waals surface area contributed by atoms with Crippen molar-refractivity contribution >= 4 is 23.8 Å². The molecule has 4 atom stereocenters. The van der Waals surface area contributed by atoms with Gasteiger partial charge in [-0.15, -0.1) is 0 Å². The van der Waals surface area contributed by atoms with Gasteiger partial charge in [0.05, 0.1) is 53.8 Å². The summed E-state index contributed by atoms with van der Waals surface area (Å²) in [6.07, 6.45) is -18.4. The number of aryl methyl sites for hydroxylation is 4. The minimum Gasteiger partial charge on any atom is -0.481 e. The molecule has 28 heteroatoms. The maximum atomic E-state index is 16.0. The van der Waals surface area contributed by atoms with E-state index in [2.05, 4.69) is 10.6 Å². The Hall–Kier alpha value is -8.40. The summed E-state index contributed by atoms with van der Waals surface area (Å²) in [6.45, 7) is 18.2. The molecule has 100 heavy (non-hydrogen) atoms. The largest absolute Gasteiger partial charge is 0.481 e. The number of alkyl halides is 12. The molecule has 0 aliphatic carbocycles. The van der Waals surface area contributed by atoms with E-state index >= 15 is 8.78 Å². The van der Waals surface area contributed by atoms with Crippen molar-refractivity contribution < 1.29 is 90.5 Å².